The Morgan fingerprint density at radius 2 is 2.06 bits per heavy atom. The molecule has 0 spiro atoms. The van der Waals surface area contributed by atoms with Gasteiger partial charge < -0.3 is 15.4 Å². The van der Waals surface area contributed by atoms with Gasteiger partial charge in [0.25, 0.3) is 0 Å². The van der Waals surface area contributed by atoms with Crippen LogP contribution in [-0.4, -0.2) is 37.6 Å². The van der Waals surface area contributed by atoms with Gasteiger partial charge in [0.2, 0.25) is 0 Å². The quantitative estimate of drug-likeness (QED) is 0.619. The smallest absolute Gasteiger partial charge is 0.191 e. The Labute approximate surface area is 109 Å². The number of hydrogen-bond acceptors (Lipinski definition) is 2. The molecule has 2 N–H and O–H groups in total. The van der Waals surface area contributed by atoms with E-state index in [0.29, 0.717) is 12.5 Å². The SMILES string of the molecule is CCN(CC)C(N)=NCCc1cccc(OC)c1. The molecule has 0 bridgehead atoms. The first-order valence-electron chi connectivity index (χ1n) is 6.39. The van der Waals surface area contributed by atoms with Crippen LogP contribution in [0.3, 0.4) is 0 Å². The normalized spacial score (nSPS) is 11.4. The number of hydrogen-bond donors (Lipinski definition) is 1. The number of methoxy groups -OCH3 is 1. The number of nitrogens with zero attached hydrogens (tertiary/aromatic N) is 2. The molecule has 0 heterocycles. The summed E-state index contributed by atoms with van der Waals surface area (Å²) in [7, 11) is 1.68. The first-order chi connectivity index (χ1) is 8.71. The lowest BCUT2D eigenvalue weighted by molar-refractivity contribution is 0.414. The summed E-state index contributed by atoms with van der Waals surface area (Å²) >= 11 is 0. The van der Waals surface area contributed by atoms with Gasteiger partial charge in [-0.2, -0.15) is 0 Å². The summed E-state index contributed by atoms with van der Waals surface area (Å²) < 4.78 is 5.19. The van der Waals surface area contributed by atoms with Crippen LogP contribution < -0.4 is 10.5 Å². The molecule has 1 aromatic rings. The summed E-state index contributed by atoms with van der Waals surface area (Å²) in [5.74, 6) is 1.51. The van der Waals surface area contributed by atoms with Gasteiger partial charge in [-0.3, -0.25) is 4.99 Å². The standard InChI is InChI=1S/C14H23N3O/c1-4-17(5-2)14(15)16-10-9-12-7-6-8-13(11-12)18-3/h6-8,11H,4-5,9-10H2,1-3H3,(H2,15,16). The molecule has 0 saturated heterocycles. The number of guanidine groups is 1. The van der Waals surface area contributed by atoms with E-state index in [9.17, 15) is 0 Å². The summed E-state index contributed by atoms with van der Waals surface area (Å²) in [6, 6.07) is 8.04. The molecule has 18 heavy (non-hydrogen) atoms. The zero-order valence-corrected chi connectivity index (χ0v) is 11.5. The monoisotopic (exact) mass is 249 g/mol. The summed E-state index contributed by atoms with van der Waals surface area (Å²) in [4.78, 5) is 6.44. The molecule has 1 aromatic carbocycles. The maximum Gasteiger partial charge on any atom is 0.191 e. The van der Waals surface area contributed by atoms with E-state index in [0.717, 1.165) is 25.3 Å². The highest BCUT2D eigenvalue weighted by molar-refractivity contribution is 5.77. The topological polar surface area (TPSA) is 50.8 Å². The van der Waals surface area contributed by atoms with Crippen molar-refractivity contribution in [1.29, 1.82) is 0 Å². The average Bonchev–Trinajstić information content (AvgIpc) is 2.40. The third-order valence-electron chi connectivity index (χ3n) is 2.90. The molecular formula is C14H23N3O. The van der Waals surface area contributed by atoms with E-state index < -0.39 is 0 Å². The van der Waals surface area contributed by atoms with Crippen LogP contribution in [0, 0.1) is 0 Å². The summed E-state index contributed by atoms with van der Waals surface area (Å²) in [6.45, 7) is 6.65. The molecule has 0 fully saturated rings. The molecule has 0 atom stereocenters. The molecule has 0 aromatic heterocycles. The van der Waals surface area contributed by atoms with Crippen molar-refractivity contribution in [2.45, 2.75) is 20.3 Å². The first kappa shape index (κ1) is 14.4. The molecule has 0 amide bonds. The third-order valence-corrected chi connectivity index (χ3v) is 2.90. The number of ether oxygens (including phenoxy) is 1. The lowest BCUT2D eigenvalue weighted by Crippen LogP contribution is -2.37. The Morgan fingerprint density at radius 3 is 2.67 bits per heavy atom. The van der Waals surface area contributed by atoms with E-state index in [-0.39, 0.29) is 0 Å². The zero-order valence-electron chi connectivity index (χ0n) is 11.5. The zero-order chi connectivity index (χ0) is 13.4. The molecular weight excluding hydrogens is 226 g/mol. The maximum absolute atomic E-state index is 5.91. The second-order valence-corrected chi connectivity index (χ2v) is 4.01. The van der Waals surface area contributed by atoms with Gasteiger partial charge in [-0.15, -0.1) is 0 Å². The van der Waals surface area contributed by atoms with E-state index in [1.807, 2.05) is 23.1 Å². The van der Waals surface area contributed by atoms with Crippen LogP contribution in [-0.2, 0) is 6.42 Å². The van der Waals surface area contributed by atoms with E-state index >= 15 is 0 Å². The van der Waals surface area contributed by atoms with Crippen molar-refractivity contribution in [2.24, 2.45) is 10.7 Å². The van der Waals surface area contributed by atoms with E-state index in [4.69, 9.17) is 10.5 Å². The summed E-state index contributed by atoms with van der Waals surface area (Å²) in [5.41, 5.74) is 7.12. The van der Waals surface area contributed by atoms with Crippen LogP contribution in [0.25, 0.3) is 0 Å². The molecule has 0 radical (unpaired) electrons. The number of nitrogens with two attached hydrogens (primary N) is 1. The second-order valence-electron chi connectivity index (χ2n) is 4.01. The fraction of sp³-hybridized carbons (Fsp3) is 0.500. The van der Waals surface area contributed by atoms with Crippen LogP contribution in [0.1, 0.15) is 19.4 Å². The van der Waals surface area contributed by atoms with Crippen molar-refractivity contribution in [1.82, 2.24) is 4.90 Å². The number of benzene rings is 1. The van der Waals surface area contributed by atoms with Crippen molar-refractivity contribution in [3.8, 4) is 5.75 Å². The minimum Gasteiger partial charge on any atom is -0.497 e. The summed E-state index contributed by atoms with van der Waals surface area (Å²) in [5, 5.41) is 0. The minimum absolute atomic E-state index is 0.628. The van der Waals surface area contributed by atoms with Gasteiger partial charge in [-0.1, -0.05) is 12.1 Å². The van der Waals surface area contributed by atoms with Crippen molar-refractivity contribution in [3.05, 3.63) is 29.8 Å². The van der Waals surface area contributed by atoms with E-state index in [2.05, 4.69) is 24.9 Å². The fourth-order valence-electron chi connectivity index (χ4n) is 1.78. The average molecular weight is 249 g/mol. The summed E-state index contributed by atoms with van der Waals surface area (Å²) in [6.07, 6.45) is 0.874. The Bertz CT molecular complexity index is 386. The van der Waals surface area contributed by atoms with Crippen molar-refractivity contribution >= 4 is 5.96 Å². The molecule has 0 aliphatic rings. The largest absolute Gasteiger partial charge is 0.497 e. The number of aliphatic imine (C=N–C) groups is 1. The predicted octanol–water partition coefficient (Wildman–Crippen LogP) is 1.89. The Hall–Kier alpha value is -1.71. The van der Waals surface area contributed by atoms with Gasteiger partial charge in [0.1, 0.15) is 5.75 Å². The number of rotatable bonds is 6. The van der Waals surface area contributed by atoms with Crippen LogP contribution in [0.2, 0.25) is 0 Å². The third kappa shape index (κ3) is 4.28. The molecule has 0 aliphatic carbocycles. The molecule has 100 valence electrons. The van der Waals surface area contributed by atoms with E-state index in [1.54, 1.807) is 7.11 Å². The lowest BCUT2D eigenvalue weighted by atomic mass is 10.1. The highest BCUT2D eigenvalue weighted by atomic mass is 16.5. The molecule has 4 heteroatoms. The van der Waals surface area contributed by atoms with Gasteiger partial charge in [-0.25, -0.2) is 0 Å². The molecule has 4 nitrogen and oxygen atoms in total. The predicted molar refractivity (Wildman–Crippen MR) is 76.1 cm³/mol. The van der Waals surface area contributed by atoms with Crippen LogP contribution >= 0.6 is 0 Å². The Morgan fingerprint density at radius 1 is 1.33 bits per heavy atom. The van der Waals surface area contributed by atoms with Crippen molar-refractivity contribution in [3.63, 3.8) is 0 Å². The Kier molecular flexibility index (Phi) is 6.05. The first-order valence-corrected chi connectivity index (χ1v) is 6.39. The Balaban J connectivity index is 2.52. The minimum atomic E-state index is 0.628. The van der Waals surface area contributed by atoms with Crippen LogP contribution in [0.4, 0.5) is 0 Å². The highest BCUT2D eigenvalue weighted by Gasteiger charge is 2.01. The van der Waals surface area contributed by atoms with Crippen LogP contribution in [0.5, 0.6) is 5.75 Å². The van der Waals surface area contributed by atoms with Gasteiger partial charge in [-0.05, 0) is 38.0 Å². The molecule has 1 rings (SSSR count). The van der Waals surface area contributed by atoms with Gasteiger partial charge >= 0.3 is 0 Å². The molecule has 0 unspecified atom stereocenters. The highest BCUT2D eigenvalue weighted by Crippen LogP contribution is 2.12. The molecule has 0 saturated carbocycles. The van der Waals surface area contributed by atoms with Crippen molar-refractivity contribution in [2.75, 3.05) is 26.7 Å². The fourth-order valence-corrected chi connectivity index (χ4v) is 1.78. The van der Waals surface area contributed by atoms with Gasteiger partial charge in [0.15, 0.2) is 5.96 Å². The second kappa shape index (κ2) is 7.58. The maximum atomic E-state index is 5.91. The molecule has 0 aliphatic heterocycles. The van der Waals surface area contributed by atoms with Crippen LogP contribution in [0.15, 0.2) is 29.3 Å². The van der Waals surface area contributed by atoms with Gasteiger partial charge in [0.05, 0.1) is 7.11 Å². The van der Waals surface area contributed by atoms with Crippen molar-refractivity contribution < 1.29 is 4.74 Å². The van der Waals surface area contributed by atoms with E-state index in [1.165, 1.54) is 5.56 Å². The lowest BCUT2D eigenvalue weighted by Gasteiger charge is -2.19. The van der Waals surface area contributed by atoms with Gasteiger partial charge in [0, 0.05) is 19.6 Å².